The molecule has 0 saturated heterocycles. The van der Waals surface area contributed by atoms with Crippen molar-refractivity contribution in [3.05, 3.63) is 93.1 Å². The molecule has 0 saturated carbocycles. The second-order valence-corrected chi connectivity index (χ2v) is 9.59. The van der Waals surface area contributed by atoms with E-state index in [2.05, 4.69) is 27.8 Å². The number of carbonyl (C=O) groups is 3. The number of rotatable bonds is 7. The number of hydrogen-bond acceptors (Lipinski definition) is 7. The number of amides is 2. The number of fused-ring (bicyclic) bond motifs is 3. The van der Waals surface area contributed by atoms with E-state index in [1.165, 1.54) is 16.7 Å². The van der Waals surface area contributed by atoms with Gasteiger partial charge < -0.3 is 15.2 Å². The number of thiazole rings is 1. The summed E-state index contributed by atoms with van der Waals surface area (Å²) in [5.41, 5.74) is 4.48. The molecule has 10 heteroatoms. The Morgan fingerprint density at radius 1 is 0.971 bits per heavy atom. The summed E-state index contributed by atoms with van der Waals surface area (Å²) < 4.78 is 5.50. The van der Waals surface area contributed by atoms with Gasteiger partial charge in [-0.3, -0.25) is 10.1 Å². The standard InChI is InChI=1S/C25H19N3O5S2/c29-22(27-21(23(30)31)20-10-5-11-34-20)19-13-35-24(26-19)28-25(32)33-12-18-16-8-3-1-6-14(16)15-7-2-4-9-17(15)18/h1-11,13,18,21H,12H2,(H,27,29)(H,30,31)(H,26,28,32). The predicted octanol–water partition coefficient (Wildman–Crippen LogP) is 5.12. The number of aliphatic carboxylic acids is 1. The van der Waals surface area contributed by atoms with Crippen molar-refractivity contribution in [3.63, 3.8) is 0 Å². The number of nitrogens with zero attached hydrogens (tertiary/aromatic N) is 1. The lowest BCUT2D eigenvalue weighted by Crippen LogP contribution is -2.33. The predicted molar refractivity (Wildman–Crippen MR) is 133 cm³/mol. The Morgan fingerprint density at radius 2 is 1.66 bits per heavy atom. The number of anilines is 1. The van der Waals surface area contributed by atoms with E-state index in [-0.39, 0.29) is 23.4 Å². The zero-order chi connectivity index (χ0) is 24.4. The summed E-state index contributed by atoms with van der Waals surface area (Å²) in [5.74, 6) is -1.90. The van der Waals surface area contributed by atoms with Crippen molar-refractivity contribution in [1.29, 1.82) is 0 Å². The van der Waals surface area contributed by atoms with E-state index in [4.69, 9.17) is 4.74 Å². The van der Waals surface area contributed by atoms with Crippen LogP contribution in [0.4, 0.5) is 9.93 Å². The molecule has 3 N–H and O–H groups in total. The van der Waals surface area contributed by atoms with E-state index >= 15 is 0 Å². The maximum Gasteiger partial charge on any atom is 0.413 e. The number of carbonyl (C=O) groups excluding carboxylic acids is 2. The van der Waals surface area contributed by atoms with Gasteiger partial charge in [0, 0.05) is 16.2 Å². The molecule has 0 fully saturated rings. The van der Waals surface area contributed by atoms with Gasteiger partial charge >= 0.3 is 12.1 Å². The number of benzene rings is 2. The largest absolute Gasteiger partial charge is 0.479 e. The first-order valence-corrected chi connectivity index (χ1v) is 12.4. The highest BCUT2D eigenvalue weighted by atomic mass is 32.1. The Morgan fingerprint density at radius 3 is 2.29 bits per heavy atom. The summed E-state index contributed by atoms with van der Waals surface area (Å²) in [7, 11) is 0. The van der Waals surface area contributed by atoms with E-state index in [1.54, 1.807) is 17.5 Å². The first kappa shape index (κ1) is 22.8. The SMILES string of the molecule is O=C(Nc1nc(C(=O)NC(C(=O)O)c2cccs2)cs1)OCC1c2ccccc2-c2ccccc21. The van der Waals surface area contributed by atoms with Crippen LogP contribution in [0, 0.1) is 0 Å². The molecule has 0 bridgehead atoms. The molecule has 2 amide bonds. The summed E-state index contributed by atoms with van der Waals surface area (Å²) >= 11 is 2.28. The van der Waals surface area contributed by atoms with Gasteiger partial charge in [0.15, 0.2) is 11.2 Å². The molecule has 1 aliphatic carbocycles. The molecule has 8 nitrogen and oxygen atoms in total. The lowest BCUT2D eigenvalue weighted by Gasteiger charge is -2.14. The molecule has 0 radical (unpaired) electrons. The Kier molecular flexibility index (Phi) is 6.30. The quantitative estimate of drug-likeness (QED) is 0.321. The molecule has 2 heterocycles. The monoisotopic (exact) mass is 505 g/mol. The van der Waals surface area contributed by atoms with Gasteiger partial charge in [0.1, 0.15) is 12.3 Å². The van der Waals surface area contributed by atoms with Gasteiger partial charge in [0.05, 0.1) is 0 Å². The number of thiophene rings is 1. The van der Waals surface area contributed by atoms with Crippen molar-refractivity contribution in [3.8, 4) is 11.1 Å². The minimum atomic E-state index is -1.18. The highest BCUT2D eigenvalue weighted by molar-refractivity contribution is 7.14. The zero-order valence-corrected chi connectivity index (χ0v) is 19.8. The third kappa shape index (κ3) is 4.66. The third-order valence-electron chi connectivity index (χ3n) is 5.64. The summed E-state index contributed by atoms with van der Waals surface area (Å²) in [4.78, 5) is 41.1. The van der Waals surface area contributed by atoms with Gasteiger partial charge in [-0.1, -0.05) is 54.6 Å². The molecule has 1 atom stereocenters. The molecule has 2 aromatic carbocycles. The third-order valence-corrected chi connectivity index (χ3v) is 7.33. The molecule has 5 rings (SSSR count). The van der Waals surface area contributed by atoms with Crippen LogP contribution in [0.15, 0.2) is 71.4 Å². The van der Waals surface area contributed by atoms with Crippen LogP contribution in [0.25, 0.3) is 11.1 Å². The summed E-state index contributed by atoms with van der Waals surface area (Å²) in [6.07, 6.45) is -0.685. The van der Waals surface area contributed by atoms with Crippen LogP contribution >= 0.6 is 22.7 Å². The molecular formula is C25H19N3O5S2. The fourth-order valence-electron chi connectivity index (χ4n) is 4.07. The molecule has 2 aromatic heterocycles. The van der Waals surface area contributed by atoms with Gasteiger partial charge in [0.2, 0.25) is 0 Å². The van der Waals surface area contributed by atoms with Crippen LogP contribution in [0.2, 0.25) is 0 Å². The van der Waals surface area contributed by atoms with Gasteiger partial charge in [-0.2, -0.15) is 0 Å². The van der Waals surface area contributed by atoms with Gasteiger partial charge in [-0.15, -0.1) is 22.7 Å². The Balaban J connectivity index is 1.21. The van der Waals surface area contributed by atoms with Crippen molar-refractivity contribution >= 4 is 45.8 Å². The minimum absolute atomic E-state index is 0.00625. The smallest absolute Gasteiger partial charge is 0.413 e. The van der Waals surface area contributed by atoms with Gasteiger partial charge in [-0.05, 0) is 33.7 Å². The van der Waals surface area contributed by atoms with Crippen molar-refractivity contribution in [2.24, 2.45) is 0 Å². The number of hydrogen-bond donors (Lipinski definition) is 3. The van der Waals surface area contributed by atoms with E-state index in [1.807, 2.05) is 36.4 Å². The normalized spacial score (nSPS) is 12.9. The van der Waals surface area contributed by atoms with Gasteiger partial charge in [-0.25, -0.2) is 14.6 Å². The van der Waals surface area contributed by atoms with Crippen molar-refractivity contribution in [1.82, 2.24) is 10.3 Å². The summed E-state index contributed by atoms with van der Waals surface area (Å²) in [6, 6.07) is 18.3. The van der Waals surface area contributed by atoms with Gasteiger partial charge in [0.25, 0.3) is 5.91 Å². The average Bonchev–Trinajstić information content (AvgIpc) is 3.61. The Bertz CT molecular complexity index is 1350. The molecule has 1 unspecified atom stereocenters. The maximum atomic E-state index is 12.5. The van der Waals surface area contributed by atoms with Crippen LogP contribution in [0.1, 0.15) is 38.5 Å². The number of ether oxygens (including phenoxy) is 1. The van der Waals surface area contributed by atoms with Crippen LogP contribution in [0.5, 0.6) is 0 Å². The highest BCUT2D eigenvalue weighted by Crippen LogP contribution is 2.44. The van der Waals surface area contributed by atoms with E-state index < -0.39 is 24.0 Å². The maximum absolute atomic E-state index is 12.5. The van der Waals surface area contributed by atoms with E-state index in [0.29, 0.717) is 4.88 Å². The number of carboxylic acids is 1. The lowest BCUT2D eigenvalue weighted by atomic mass is 9.98. The number of nitrogens with one attached hydrogen (secondary N) is 2. The first-order valence-electron chi connectivity index (χ1n) is 10.7. The molecular weight excluding hydrogens is 486 g/mol. The Labute approximate surface area is 208 Å². The molecule has 4 aromatic rings. The molecule has 0 spiro atoms. The molecule has 176 valence electrons. The number of carboxylic acid groups (broad SMARTS) is 1. The second kappa shape index (κ2) is 9.69. The molecule has 1 aliphatic rings. The van der Waals surface area contributed by atoms with Crippen LogP contribution in [-0.4, -0.2) is 34.7 Å². The molecule has 0 aliphatic heterocycles. The fourth-order valence-corrected chi connectivity index (χ4v) is 5.52. The zero-order valence-electron chi connectivity index (χ0n) is 18.1. The molecule has 35 heavy (non-hydrogen) atoms. The Hall–Kier alpha value is -4.02. The fraction of sp³-hybridized carbons (Fsp3) is 0.120. The summed E-state index contributed by atoms with van der Waals surface area (Å²) in [5, 5.41) is 17.8. The average molecular weight is 506 g/mol. The summed E-state index contributed by atoms with van der Waals surface area (Å²) in [6.45, 7) is 0.152. The lowest BCUT2D eigenvalue weighted by molar-refractivity contribution is -0.139. The van der Waals surface area contributed by atoms with Crippen LogP contribution in [0.3, 0.4) is 0 Å². The van der Waals surface area contributed by atoms with Crippen molar-refractivity contribution in [2.75, 3.05) is 11.9 Å². The minimum Gasteiger partial charge on any atom is -0.479 e. The van der Waals surface area contributed by atoms with Crippen molar-refractivity contribution in [2.45, 2.75) is 12.0 Å². The van der Waals surface area contributed by atoms with E-state index in [0.717, 1.165) is 33.6 Å². The van der Waals surface area contributed by atoms with E-state index in [9.17, 15) is 19.5 Å². The first-order chi connectivity index (χ1) is 17.0. The number of aromatic nitrogens is 1. The van der Waals surface area contributed by atoms with Crippen LogP contribution in [-0.2, 0) is 9.53 Å². The topological polar surface area (TPSA) is 118 Å². The van der Waals surface area contributed by atoms with Crippen molar-refractivity contribution < 1.29 is 24.2 Å². The van der Waals surface area contributed by atoms with Crippen LogP contribution < -0.4 is 10.6 Å². The highest BCUT2D eigenvalue weighted by Gasteiger charge is 2.29. The second-order valence-electron chi connectivity index (χ2n) is 7.75.